The van der Waals surface area contributed by atoms with Crippen LogP contribution in [0.1, 0.15) is 52.8 Å². The molecule has 1 N–H and O–H groups in total. The van der Waals surface area contributed by atoms with Gasteiger partial charge in [0.25, 0.3) is 0 Å². The number of hydrogen-bond donors (Lipinski definition) is 1. The predicted molar refractivity (Wildman–Crippen MR) is 185 cm³/mol. The summed E-state index contributed by atoms with van der Waals surface area (Å²) in [5.74, 6) is 0.601. The first kappa shape index (κ1) is 33.7. The Balaban J connectivity index is 0.00000204. The number of likely N-dealkylation sites (N-methyl/N-ethyl adjacent to an activating group) is 1. The van der Waals surface area contributed by atoms with Gasteiger partial charge in [-0.3, -0.25) is 5.10 Å². The molecule has 4 aromatic rings. The maximum absolute atomic E-state index is 17.0. The Morgan fingerprint density at radius 1 is 1.07 bits per heavy atom. The number of aromatic nitrogens is 4. The summed E-state index contributed by atoms with van der Waals surface area (Å²) in [5.41, 5.74) is 3.12. The van der Waals surface area contributed by atoms with Crippen molar-refractivity contribution in [1.29, 1.82) is 0 Å². The summed E-state index contributed by atoms with van der Waals surface area (Å²) in [6.07, 6.45) is -0.342. The van der Waals surface area contributed by atoms with Crippen LogP contribution in [0.4, 0.5) is 21.0 Å². The third kappa shape index (κ3) is 6.19. The second-order valence-corrected chi connectivity index (χ2v) is 13.7. The summed E-state index contributed by atoms with van der Waals surface area (Å²) in [7, 11) is 4.10. The fourth-order valence-corrected chi connectivity index (χ4v) is 6.44. The lowest BCUT2D eigenvalue weighted by Crippen LogP contribution is -2.58. The Kier molecular flexibility index (Phi) is 9.39. The molecule has 2 saturated heterocycles. The first-order chi connectivity index (χ1) is 21.7. The number of hydrogen-bond acceptors (Lipinski definition) is 8. The van der Waals surface area contributed by atoms with Crippen LogP contribution >= 0.6 is 11.6 Å². The van der Waals surface area contributed by atoms with Gasteiger partial charge in [-0.05, 0) is 73.3 Å². The number of amides is 1. The number of fused-ring (bicyclic) bond motifs is 2. The second kappa shape index (κ2) is 12.8. The van der Waals surface area contributed by atoms with Gasteiger partial charge in [0.05, 0.1) is 10.5 Å². The van der Waals surface area contributed by atoms with Crippen molar-refractivity contribution >= 4 is 51.3 Å². The molecule has 0 aliphatic carbocycles. The SMILES string of the molecule is CC.Cc1ccc2n[nH]c(C)c2c1-c1c(Cl)cc2c(N3CCN(C(=O)OC(C)(C)C)C(C)C3)nc(N3CC(N(C)C)C3)nc2c1F. The molecule has 0 radical (unpaired) electrons. The Morgan fingerprint density at radius 3 is 2.39 bits per heavy atom. The monoisotopic (exact) mass is 652 g/mol. The number of rotatable bonds is 4. The molecule has 2 aromatic carbocycles. The van der Waals surface area contributed by atoms with E-state index >= 15 is 4.39 Å². The summed E-state index contributed by atoms with van der Waals surface area (Å²) < 4.78 is 22.6. The smallest absolute Gasteiger partial charge is 0.410 e. The summed E-state index contributed by atoms with van der Waals surface area (Å²) in [6.45, 7) is 18.4. The molecule has 1 atom stereocenters. The van der Waals surface area contributed by atoms with Gasteiger partial charge in [-0.2, -0.15) is 10.1 Å². The van der Waals surface area contributed by atoms with Gasteiger partial charge in [0.15, 0.2) is 5.82 Å². The Bertz CT molecular complexity index is 1760. The van der Waals surface area contributed by atoms with E-state index in [4.69, 9.17) is 26.3 Å². The van der Waals surface area contributed by atoms with Crippen LogP contribution in [0, 0.1) is 19.7 Å². The highest BCUT2D eigenvalue weighted by Gasteiger charge is 2.35. The second-order valence-electron chi connectivity index (χ2n) is 13.3. The van der Waals surface area contributed by atoms with E-state index in [0.717, 1.165) is 35.2 Å². The number of ether oxygens (including phenoxy) is 1. The van der Waals surface area contributed by atoms with E-state index in [0.29, 0.717) is 54.0 Å². The average Bonchev–Trinajstić information content (AvgIpc) is 3.33. The Labute approximate surface area is 275 Å². The third-order valence-electron chi connectivity index (χ3n) is 8.64. The van der Waals surface area contributed by atoms with Gasteiger partial charge in [0, 0.05) is 72.4 Å². The number of aryl methyl sites for hydroxylation is 2. The van der Waals surface area contributed by atoms with Crippen LogP contribution in [0.15, 0.2) is 18.2 Å². The van der Waals surface area contributed by atoms with Gasteiger partial charge in [-0.25, -0.2) is 14.2 Å². The maximum atomic E-state index is 17.0. The highest BCUT2D eigenvalue weighted by molar-refractivity contribution is 6.35. The zero-order chi connectivity index (χ0) is 33.7. The third-order valence-corrected chi connectivity index (χ3v) is 8.94. The van der Waals surface area contributed by atoms with Crippen molar-refractivity contribution in [3.05, 3.63) is 40.3 Å². The molecule has 0 spiro atoms. The molecule has 6 rings (SSSR count). The first-order valence-electron chi connectivity index (χ1n) is 16.0. The minimum atomic E-state index is -0.586. The highest BCUT2D eigenvalue weighted by atomic mass is 35.5. The molecule has 2 aliphatic heterocycles. The molecule has 248 valence electrons. The normalized spacial score (nSPS) is 17.4. The topological polar surface area (TPSA) is 93.7 Å². The summed E-state index contributed by atoms with van der Waals surface area (Å²) in [5, 5.41) is 9.07. The van der Waals surface area contributed by atoms with Gasteiger partial charge in [-0.15, -0.1) is 0 Å². The molecule has 2 aromatic heterocycles. The molecular formula is C34H46ClFN8O2. The van der Waals surface area contributed by atoms with Crippen molar-refractivity contribution in [2.45, 2.75) is 73.1 Å². The van der Waals surface area contributed by atoms with Crippen molar-refractivity contribution in [1.82, 2.24) is 30.0 Å². The molecule has 1 amide bonds. The van der Waals surface area contributed by atoms with E-state index < -0.39 is 11.4 Å². The molecule has 12 heteroatoms. The van der Waals surface area contributed by atoms with Gasteiger partial charge >= 0.3 is 6.09 Å². The number of carbonyl (C=O) groups excluding carboxylic acids is 1. The fraction of sp³-hybridized carbons (Fsp3) is 0.529. The molecule has 0 saturated carbocycles. The first-order valence-corrected chi connectivity index (χ1v) is 16.4. The van der Waals surface area contributed by atoms with E-state index in [9.17, 15) is 4.79 Å². The zero-order valence-electron chi connectivity index (χ0n) is 28.6. The van der Waals surface area contributed by atoms with Crippen LogP contribution in [0.25, 0.3) is 32.9 Å². The lowest BCUT2D eigenvalue weighted by Gasteiger charge is -2.44. The molecule has 46 heavy (non-hydrogen) atoms. The van der Waals surface area contributed by atoms with Crippen molar-refractivity contribution in [3.8, 4) is 11.1 Å². The number of anilines is 2. The number of carbonyl (C=O) groups is 1. The molecule has 1 unspecified atom stereocenters. The number of nitrogens with zero attached hydrogens (tertiary/aromatic N) is 7. The molecule has 4 heterocycles. The Morgan fingerprint density at radius 2 is 1.76 bits per heavy atom. The van der Waals surface area contributed by atoms with Gasteiger partial charge < -0.3 is 24.3 Å². The molecule has 2 fully saturated rings. The number of aromatic amines is 1. The zero-order valence-corrected chi connectivity index (χ0v) is 29.4. The summed E-state index contributed by atoms with van der Waals surface area (Å²) >= 11 is 6.97. The largest absolute Gasteiger partial charge is 0.444 e. The quantitative estimate of drug-likeness (QED) is 0.257. The van der Waals surface area contributed by atoms with Crippen LogP contribution in [0.3, 0.4) is 0 Å². The van der Waals surface area contributed by atoms with E-state index in [1.807, 2.05) is 67.5 Å². The number of benzene rings is 2. The van der Waals surface area contributed by atoms with E-state index in [-0.39, 0.29) is 22.7 Å². The van der Waals surface area contributed by atoms with Gasteiger partial charge in [0.2, 0.25) is 5.95 Å². The predicted octanol–water partition coefficient (Wildman–Crippen LogP) is 6.80. The summed E-state index contributed by atoms with van der Waals surface area (Å²) in [4.78, 5) is 30.8. The van der Waals surface area contributed by atoms with Crippen LogP contribution in [0.2, 0.25) is 5.02 Å². The number of halogens is 2. The van der Waals surface area contributed by atoms with E-state index in [1.54, 1.807) is 11.0 Å². The number of piperazine rings is 1. The lowest BCUT2D eigenvalue weighted by atomic mass is 9.94. The summed E-state index contributed by atoms with van der Waals surface area (Å²) in [6, 6.07) is 5.85. The Hall–Kier alpha value is -3.70. The van der Waals surface area contributed by atoms with Gasteiger partial charge in [-0.1, -0.05) is 31.5 Å². The van der Waals surface area contributed by atoms with E-state index in [1.165, 1.54) is 0 Å². The minimum Gasteiger partial charge on any atom is -0.444 e. The molecule has 2 aliphatic rings. The molecule has 0 bridgehead atoms. The maximum Gasteiger partial charge on any atom is 0.410 e. The molecular weight excluding hydrogens is 607 g/mol. The number of nitrogens with one attached hydrogen (secondary N) is 1. The highest BCUT2D eigenvalue weighted by Crippen LogP contribution is 2.43. The van der Waals surface area contributed by atoms with Crippen LogP contribution < -0.4 is 9.80 Å². The van der Waals surface area contributed by atoms with E-state index in [2.05, 4.69) is 39.0 Å². The number of H-pyrrole nitrogens is 1. The van der Waals surface area contributed by atoms with Gasteiger partial charge in [0.1, 0.15) is 16.9 Å². The molecule has 10 nitrogen and oxygen atoms in total. The standard InChI is InChI=1S/C32H40ClFN8O2.C2H6/c1-17-9-10-23-25(19(3)37-38-23)24(17)26-22(33)13-21-28(27(26)34)35-30(41-15-20(16-41)39(7)8)36-29(21)40-11-12-42(18(2)14-40)31(43)44-32(4,5)6;1-2/h9-10,13,18,20H,11-12,14-16H2,1-8H3,(H,37,38);1-2H3. The van der Waals surface area contributed by atoms with Crippen molar-refractivity contribution in [3.63, 3.8) is 0 Å². The van der Waals surface area contributed by atoms with Crippen molar-refractivity contribution in [2.75, 3.05) is 56.6 Å². The van der Waals surface area contributed by atoms with Crippen LogP contribution in [0.5, 0.6) is 0 Å². The van der Waals surface area contributed by atoms with Crippen LogP contribution in [-0.2, 0) is 4.74 Å². The van der Waals surface area contributed by atoms with Crippen molar-refractivity contribution < 1.29 is 13.9 Å². The lowest BCUT2D eigenvalue weighted by molar-refractivity contribution is 0.0158. The average molecular weight is 653 g/mol. The van der Waals surface area contributed by atoms with Crippen molar-refractivity contribution in [2.24, 2.45) is 0 Å². The minimum absolute atomic E-state index is 0.155. The van der Waals surface area contributed by atoms with Crippen LogP contribution in [-0.4, -0.2) is 101 Å². The fourth-order valence-electron chi connectivity index (χ4n) is 6.16.